The zero-order valence-corrected chi connectivity index (χ0v) is 10.2. The Kier molecular flexibility index (Phi) is 15.1. The van der Waals surface area contributed by atoms with Crippen molar-refractivity contribution >= 4 is 0 Å². The van der Waals surface area contributed by atoms with E-state index in [4.69, 9.17) is 20.4 Å². The summed E-state index contributed by atoms with van der Waals surface area (Å²) in [7, 11) is 0. The number of rotatable bonds is 1. The van der Waals surface area contributed by atoms with E-state index in [0.717, 1.165) is 0 Å². The van der Waals surface area contributed by atoms with Gasteiger partial charge in [-0.05, 0) is 41.5 Å². The highest BCUT2D eigenvalue weighted by Gasteiger charge is 1.97. The number of aliphatic hydroxyl groups excluding tert-OH is 3. The molecule has 1 unspecified atom stereocenters. The first-order chi connectivity index (χ1) is 6.00. The Bertz CT molecular complexity index is 86.0. The zero-order chi connectivity index (χ0) is 12.4. The predicted octanol–water partition coefficient (Wildman–Crippen LogP) is 0.524. The van der Waals surface area contributed by atoms with Crippen LogP contribution in [0.2, 0.25) is 0 Å². The third-order valence-corrected chi connectivity index (χ3v) is 0.264. The third kappa shape index (κ3) is 411. The second-order valence-corrected chi connectivity index (χ2v) is 4.30. The minimum atomic E-state index is -0.560. The van der Waals surface area contributed by atoms with E-state index in [1.54, 1.807) is 34.6 Å². The Morgan fingerprint density at radius 1 is 1.00 bits per heavy atom. The molecule has 90 valence electrons. The molecule has 0 aromatic rings. The predicted molar refractivity (Wildman–Crippen MR) is 58.1 cm³/mol. The lowest BCUT2D eigenvalue weighted by atomic mass is 10.2. The Balaban J connectivity index is -0.000000131. The summed E-state index contributed by atoms with van der Waals surface area (Å²) in [6.45, 7) is 10.1. The van der Waals surface area contributed by atoms with E-state index >= 15 is 0 Å². The summed E-state index contributed by atoms with van der Waals surface area (Å²) in [4.78, 5) is 0. The van der Waals surface area contributed by atoms with Gasteiger partial charge in [-0.1, -0.05) is 0 Å². The Hall–Kier alpha value is -0.160. The van der Waals surface area contributed by atoms with E-state index in [9.17, 15) is 0 Å². The molecule has 0 heterocycles. The maximum Gasteiger partial charge on any atom is 0.0742 e. The molecule has 0 amide bonds. The van der Waals surface area contributed by atoms with Gasteiger partial charge in [-0.2, -0.15) is 0 Å². The second-order valence-electron chi connectivity index (χ2n) is 4.30. The Morgan fingerprint density at radius 2 is 1.07 bits per heavy atom. The van der Waals surface area contributed by atoms with Crippen LogP contribution in [0.25, 0.3) is 0 Å². The van der Waals surface area contributed by atoms with Gasteiger partial charge in [0.05, 0.1) is 18.3 Å². The van der Waals surface area contributed by atoms with Crippen LogP contribution < -0.4 is 0 Å². The quantitative estimate of drug-likeness (QED) is 0.509. The maximum absolute atomic E-state index is 8.52. The Labute approximate surface area is 87.2 Å². The lowest BCUT2D eigenvalue weighted by Crippen LogP contribution is -2.10. The molecule has 0 rings (SSSR count). The minimum absolute atomic E-state index is 0.139. The molecule has 4 nitrogen and oxygen atoms in total. The van der Waals surface area contributed by atoms with E-state index in [0.29, 0.717) is 0 Å². The highest BCUT2D eigenvalue weighted by atomic mass is 16.3. The van der Waals surface area contributed by atoms with Gasteiger partial charge < -0.3 is 20.4 Å². The average Bonchev–Trinajstić information content (AvgIpc) is 1.82. The van der Waals surface area contributed by atoms with Crippen LogP contribution in [0.1, 0.15) is 41.5 Å². The summed E-state index contributed by atoms with van der Waals surface area (Å²) in [6.07, 6.45) is -0.727. The molecule has 0 aliphatic carbocycles. The van der Waals surface area contributed by atoms with E-state index in [2.05, 4.69) is 0 Å². The lowest BCUT2D eigenvalue weighted by molar-refractivity contribution is 0.102. The van der Waals surface area contributed by atoms with E-state index < -0.39 is 11.7 Å². The molecule has 0 saturated heterocycles. The summed E-state index contributed by atoms with van der Waals surface area (Å²) in [5.41, 5.74) is -0.500. The van der Waals surface area contributed by atoms with E-state index in [-0.39, 0.29) is 12.7 Å². The van der Waals surface area contributed by atoms with Gasteiger partial charge in [-0.25, -0.2) is 0 Å². The van der Waals surface area contributed by atoms with Crippen LogP contribution in [0.3, 0.4) is 0 Å². The van der Waals surface area contributed by atoms with Crippen LogP contribution in [0.15, 0.2) is 0 Å². The molecule has 0 aliphatic rings. The highest BCUT2D eigenvalue weighted by molar-refractivity contribution is 4.50. The monoisotopic (exact) mass is 210 g/mol. The molecule has 0 saturated carbocycles. The zero-order valence-electron chi connectivity index (χ0n) is 10.2. The fourth-order valence-corrected chi connectivity index (χ4v) is 0. The summed E-state index contributed by atoms with van der Waals surface area (Å²) < 4.78 is 0. The first-order valence-corrected chi connectivity index (χ1v) is 4.70. The molecule has 1 atom stereocenters. The van der Waals surface area contributed by atoms with Crippen LogP contribution >= 0.6 is 0 Å². The van der Waals surface area contributed by atoms with Crippen LogP contribution in [-0.2, 0) is 0 Å². The van der Waals surface area contributed by atoms with Crippen molar-refractivity contribution in [3.8, 4) is 0 Å². The van der Waals surface area contributed by atoms with Crippen molar-refractivity contribution in [2.24, 2.45) is 0 Å². The fourth-order valence-electron chi connectivity index (χ4n) is 0. The first-order valence-electron chi connectivity index (χ1n) is 4.70. The molecule has 0 bridgehead atoms. The summed E-state index contributed by atoms with van der Waals surface area (Å²) in [6, 6.07) is 0. The molecular weight excluding hydrogens is 184 g/mol. The van der Waals surface area contributed by atoms with Gasteiger partial charge in [0.2, 0.25) is 0 Å². The van der Waals surface area contributed by atoms with Crippen molar-refractivity contribution in [2.75, 3.05) is 6.61 Å². The van der Waals surface area contributed by atoms with E-state index in [1.165, 1.54) is 6.92 Å². The van der Waals surface area contributed by atoms with Crippen LogP contribution in [0, 0.1) is 0 Å². The Morgan fingerprint density at radius 3 is 1.07 bits per heavy atom. The topological polar surface area (TPSA) is 80.9 Å². The van der Waals surface area contributed by atoms with Gasteiger partial charge >= 0.3 is 0 Å². The van der Waals surface area contributed by atoms with Crippen LogP contribution in [0.5, 0.6) is 0 Å². The smallest absolute Gasteiger partial charge is 0.0742 e. The third-order valence-electron chi connectivity index (χ3n) is 0.264. The standard InChI is InChI=1S/C4H10O.C3H8O2.C3H8O/c1-4(2,3)5;1-3(5)2-4;1-3(2)4/h5H,1-3H3;3-5H,2H2,1H3;3-4H,1-2H3. The SMILES string of the molecule is CC(C)(C)O.CC(C)O.CC(O)CO. The fraction of sp³-hybridized carbons (Fsp3) is 1.00. The largest absolute Gasteiger partial charge is 0.394 e. The number of aliphatic hydroxyl groups is 4. The molecule has 0 aromatic carbocycles. The maximum atomic E-state index is 8.52. The second kappa shape index (κ2) is 10.9. The molecule has 4 heteroatoms. The van der Waals surface area contributed by atoms with Crippen molar-refractivity contribution < 1.29 is 20.4 Å². The van der Waals surface area contributed by atoms with Crippen molar-refractivity contribution in [3.05, 3.63) is 0 Å². The van der Waals surface area contributed by atoms with Crippen molar-refractivity contribution in [2.45, 2.75) is 59.4 Å². The normalized spacial score (nSPS) is 12.2. The summed E-state index contributed by atoms with van der Waals surface area (Å²) in [5, 5.41) is 32.6. The molecule has 4 N–H and O–H groups in total. The van der Waals surface area contributed by atoms with Crippen molar-refractivity contribution in [1.29, 1.82) is 0 Å². The number of hydrogen-bond acceptors (Lipinski definition) is 4. The minimum Gasteiger partial charge on any atom is -0.394 e. The lowest BCUT2D eigenvalue weighted by Gasteiger charge is -2.04. The molecule has 0 aromatic heterocycles. The van der Waals surface area contributed by atoms with Gasteiger partial charge in [0.1, 0.15) is 0 Å². The van der Waals surface area contributed by atoms with E-state index in [1.807, 2.05) is 0 Å². The number of hydrogen-bond donors (Lipinski definition) is 4. The van der Waals surface area contributed by atoms with Gasteiger partial charge in [0.15, 0.2) is 0 Å². The first kappa shape index (κ1) is 19.4. The van der Waals surface area contributed by atoms with Gasteiger partial charge in [-0.3, -0.25) is 0 Å². The molecule has 0 spiro atoms. The summed E-state index contributed by atoms with van der Waals surface area (Å²) >= 11 is 0. The van der Waals surface area contributed by atoms with Gasteiger partial charge in [0, 0.05) is 6.10 Å². The molecule has 0 aliphatic heterocycles. The van der Waals surface area contributed by atoms with Crippen LogP contribution in [-0.4, -0.2) is 44.8 Å². The highest BCUT2D eigenvalue weighted by Crippen LogP contribution is 1.93. The van der Waals surface area contributed by atoms with Crippen molar-refractivity contribution in [1.82, 2.24) is 0 Å². The molecular formula is C10H26O4. The van der Waals surface area contributed by atoms with Gasteiger partial charge in [0.25, 0.3) is 0 Å². The van der Waals surface area contributed by atoms with Crippen molar-refractivity contribution in [3.63, 3.8) is 0 Å². The van der Waals surface area contributed by atoms with Gasteiger partial charge in [-0.15, -0.1) is 0 Å². The molecule has 0 fully saturated rings. The molecule has 14 heavy (non-hydrogen) atoms. The average molecular weight is 210 g/mol. The summed E-state index contributed by atoms with van der Waals surface area (Å²) in [5.74, 6) is 0. The molecule has 0 radical (unpaired) electrons. The van der Waals surface area contributed by atoms with Crippen LogP contribution in [0.4, 0.5) is 0 Å².